The summed E-state index contributed by atoms with van der Waals surface area (Å²) in [6.45, 7) is 1.23. The van der Waals surface area contributed by atoms with Crippen LogP contribution in [0.2, 0.25) is 0 Å². The van der Waals surface area contributed by atoms with Crippen LogP contribution in [0, 0.1) is 5.82 Å². The molecule has 4 rings (SSSR count). The van der Waals surface area contributed by atoms with E-state index in [2.05, 4.69) is 23.2 Å². The molecule has 0 radical (unpaired) electrons. The first-order chi connectivity index (χ1) is 12.7. The minimum Gasteiger partial charge on any atom is -0.333 e. The molecule has 2 heterocycles. The van der Waals surface area contributed by atoms with Crippen LogP contribution in [0.25, 0.3) is 11.3 Å². The van der Waals surface area contributed by atoms with E-state index in [9.17, 15) is 9.18 Å². The van der Waals surface area contributed by atoms with Gasteiger partial charge < -0.3 is 4.90 Å². The average molecular weight is 347 g/mol. The van der Waals surface area contributed by atoms with Crippen LogP contribution in [0.3, 0.4) is 0 Å². The molecule has 0 saturated heterocycles. The lowest BCUT2D eigenvalue weighted by Crippen LogP contribution is -2.35. The minimum absolute atomic E-state index is 0.0739. The summed E-state index contributed by atoms with van der Waals surface area (Å²) in [4.78, 5) is 18.8. The van der Waals surface area contributed by atoms with Crippen molar-refractivity contribution in [3.05, 3.63) is 90.3 Å². The van der Waals surface area contributed by atoms with Crippen LogP contribution in [0.1, 0.15) is 22.5 Å². The Morgan fingerprint density at radius 1 is 1.04 bits per heavy atom. The smallest absolute Gasteiger partial charge is 0.272 e. The Labute approximate surface area is 151 Å². The van der Waals surface area contributed by atoms with E-state index < -0.39 is 0 Å². The third kappa shape index (κ3) is 3.16. The number of carbonyl (C=O) groups is 1. The number of hydrogen-bond acceptors (Lipinski definition) is 2. The number of rotatable bonds is 3. The van der Waals surface area contributed by atoms with Crippen molar-refractivity contribution in [2.75, 3.05) is 13.1 Å². The molecule has 0 spiro atoms. The molecule has 1 amide bonds. The second-order valence-electron chi connectivity index (χ2n) is 6.22. The van der Waals surface area contributed by atoms with Gasteiger partial charge in [0.15, 0.2) is 0 Å². The number of halogens is 1. The van der Waals surface area contributed by atoms with Crippen LogP contribution < -0.4 is 0 Å². The van der Waals surface area contributed by atoms with E-state index in [0.29, 0.717) is 24.5 Å². The zero-order valence-electron chi connectivity index (χ0n) is 14.2. The molecule has 2 aromatic carbocycles. The van der Waals surface area contributed by atoms with E-state index in [1.54, 1.807) is 29.2 Å². The lowest BCUT2D eigenvalue weighted by molar-refractivity contribution is 0.0765. The number of hydrogen-bond donors (Lipinski definition) is 0. The quantitative estimate of drug-likeness (QED) is 0.720. The van der Waals surface area contributed by atoms with Gasteiger partial charge in [0, 0.05) is 18.8 Å². The monoisotopic (exact) mass is 347 g/mol. The maximum Gasteiger partial charge on any atom is 0.272 e. The first-order valence-electron chi connectivity index (χ1n) is 8.54. The predicted molar refractivity (Wildman–Crippen MR) is 98.5 cm³/mol. The van der Waals surface area contributed by atoms with Crippen LogP contribution in [0.4, 0.5) is 4.39 Å². The van der Waals surface area contributed by atoms with Gasteiger partial charge in [0.25, 0.3) is 5.91 Å². The molecule has 0 atom stereocenters. The van der Waals surface area contributed by atoms with Crippen LogP contribution in [-0.2, 0) is 0 Å². The number of imidazole rings is 1. The third-order valence-electron chi connectivity index (χ3n) is 4.60. The van der Waals surface area contributed by atoms with E-state index >= 15 is 0 Å². The van der Waals surface area contributed by atoms with Crippen molar-refractivity contribution in [3.63, 3.8) is 0 Å². The van der Waals surface area contributed by atoms with Crippen molar-refractivity contribution in [1.82, 2.24) is 14.5 Å². The normalized spacial score (nSPS) is 14.2. The van der Waals surface area contributed by atoms with Crippen molar-refractivity contribution in [2.24, 2.45) is 0 Å². The van der Waals surface area contributed by atoms with E-state index in [0.717, 1.165) is 6.42 Å². The maximum absolute atomic E-state index is 13.1. The number of aromatic nitrogens is 2. The van der Waals surface area contributed by atoms with Crippen molar-refractivity contribution >= 4 is 11.5 Å². The molecule has 0 saturated carbocycles. The van der Waals surface area contributed by atoms with Crippen molar-refractivity contribution in [1.29, 1.82) is 0 Å². The molecule has 5 heteroatoms. The molecule has 0 aliphatic carbocycles. The topological polar surface area (TPSA) is 38.1 Å². The Kier molecular flexibility index (Phi) is 4.35. The molecule has 0 unspecified atom stereocenters. The van der Waals surface area contributed by atoms with Gasteiger partial charge in [0.05, 0.1) is 12.5 Å². The Balaban J connectivity index is 1.54. The molecule has 26 heavy (non-hydrogen) atoms. The standard InChI is InChI=1S/C21H18FN3O/c22-18-6-8-19(9-7-18)25-15-23-14-20(25)21(26)24-12-10-17(11-13-24)16-4-2-1-3-5-16/h1-10,14-15H,11-13H2. The second kappa shape index (κ2) is 6.96. The highest BCUT2D eigenvalue weighted by atomic mass is 19.1. The lowest BCUT2D eigenvalue weighted by Gasteiger charge is -2.27. The summed E-state index contributed by atoms with van der Waals surface area (Å²) in [5.74, 6) is -0.383. The molecule has 4 nitrogen and oxygen atoms in total. The summed E-state index contributed by atoms with van der Waals surface area (Å²) in [6.07, 6.45) is 6.06. The van der Waals surface area contributed by atoms with E-state index in [-0.39, 0.29) is 11.7 Å². The number of benzene rings is 2. The minimum atomic E-state index is -0.309. The highest BCUT2D eigenvalue weighted by Crippen LogP contribution is 2.23. The largest absolute Gasteiger partial charge is 0.333 e. The van der Waals surface area contributed by atoms with Crippen molar-refractivity contribution in [3.8, 4) is 5.69 Å². The molecule has 130 valence electrons. The van der Waals surface area contributed by atoms with Gasteiger partial charge in [-0.3, -0.25) is 9.36 Å². The molecule has 1 aromatic heterocycles. The Hall–Kier alpha value is -3.21. The number of carbonyl (C=O) groups excluding carboxylic acids is 1. The van der Waals surface area contributed by atoms with Gasteiger partial charge >= 0.3 is 0 Å². The van der Waals surface area contributed by atoms with E-state index in [1.807, 2.05) is 23.1 Å². The Morgan fingerprint density at radius 3 is 2.50 bits per heavy atom. The fraction of sp³-hybridized carbons (Fsp3) is 0.143. The highest BCUT2D eigenvalue weighted by Gasteiger charge is 2.22. The fourth-order valence-corrected chi connectivity index (χ4v) is 3.19. The van der Waals surface area contributed by atoms with Gasteiger partial charge in [-0.25, -0.2) is 9.37 Å². The van der Waals surface area contributed by atoms with Crippen molar-refractivity contribution < 1.29 is 9.18 Å². The zero-order valence-corrected chi connectivity index (χ0v) is 14.2. The molecule has 3 aromatic rings. The lowest BCUT2D eigenvalue weighted by atomic mass is 9.99. The van der Waals surface area contributed by atoms with E-state index in [1.165, 1.54) is 23.3 Å². The van der Waals surface area contributed by atoms with Gasteiger partial charge in [-0.2, -0.15) is 0 Å². The van der Waals surface area contributed by atoms with Gasteiger partial charge in [-0.1, -0.05) is 36.4 Å². The number of nitrogens with zero attached hydrogens (tertiary/aromatic N) is 3. The number of amides is 1. The Morgan fingerprint density at radius 2 is 1.81 bits per heavy atom. The first kappa shape index (κ1) is 16.3. The fourth-order valence-electron chi connectivity index (χ4n) is 3.19. The molecule has 1 aliphatic rings. The third-order valence-corrected chi connectivity index (χ3v) is 4.60. The highest BCUT2D eigenvalue weighted by molar-refractivity contribution is 5.93. The van der Waals surface area contributed by atoms with Crippen molar-refractivity contribution in [2.45, 2.75) is 6.42 Å². The van der Waals surface area contributed by atoms with Crippen LogP contribution in [0.5, 0.6) is 0 Å². The molecule has 0 N–H and O–H groups in total. The van der Waals surface area contributed by atoms with Crippen LogP contribution in [0.15, 0.2) is 73.2 Å². The summed E-state index contributed by atoms with van der Waals surface area (Å²) < 4.78 is 14.8. The summed E-state index contributed by atoms with van der Waals surface area (Å²) in [5.41, 5.74) is 3.66. The SMILES string of the molecule is O=C(c1cncn1-c1ccc(F)cc1)N1CC=C(c2ccccc2)CC1. The summed E-state index contributed by atoms with van der Waals surface area (Å²) in [7, 11) is 0. The van der Waals surface area contributed by atoms with Crippen LogP contribution >= 0.6 is 0 Å². The Bertz CT molecular complexity index is 945. The zero-order chi connectivity index (χ0) is 17.9. The van der Waals surface area contributed by atoms with Gasteiger partial charge in [-0.15, -0.1) is 0 Å². The summed E-state index contributed by atoms with van der Waals surface area (Å²) >= 11 is 0. The molecule has 1 aliphatic heterocycles. The summed E-state index contributed by atoms with van der Waals surface area (Å²) in [5, 5.41) is 0. The predicted octanol–water partition coefficient (Wildman–Crippen LogP) is 3.94. The maximum atomic E-state index is 13.1. The molecular weight excluding hydrogens is 329 g/mol. The molecule has 0 bridgehead atoms. The van der Waals surface area contributed by atoms with Crippen LogP contribution in [-0.4, -0.2) is 33.4 Å². The van der Waals surface area contributed by atoms with E-state index in [4.69, 9.17) is 0 Å². The second-order valence-corrected chi connectivity index (χ2v) is 6.22. The first-order valence-corrected chi connectivity index (χ1v) is 8.54. The van der Waals surface area contributed by atoms with Gasteiger partial charge in [0.2, 0.25) is 0 Å². The summed E-state index contributed by atoms with van der Waals surface area (Å²) in [6, 6.07) is 16.2. The molecule has 0 fully saturated rings. The molecular formula is C21H18FN3O. The average Bonchev–Trinajstić information content (AvgIpc) is 3.19. The van der Waals surface area contributed by atoms with Gasteiger partial charge in [-0.05, 0) is 41.8 Å². The van der Waals surface area contributed by atoms with Gasteiger partial charge in [0.1, 0.15) is 11.5 Å².